The lowest BCUT2D eigenvalue weighted by molar-refractivity contribution is 0.199. The van der Waals surface area contributed by atoms with E-state index in [2.05, 4.69) is 18.6 Å². The highest BCUT2D eigenvalue weighted by Crippen LogP contribution is 2.30. The van der Waals surface area contributed by atoms with Gasteiger partial charge in [0.05, 0.1) is 11.0 Å². The molecule has 2 N–H and O–H groups in total. The molecule has 1 aliphatic carbocycles. The number of hydrogen-bond acceptors (Lipinski definition) is 3. The molecule has 0 aliphatic heterocycles. The molecule has 0 bridgehead atoms. The third-order valence-electron chi connectivity index (χ3n) is 4.66. The van der Waals surface area contributed by atoms with E-state index in [1.165, 1.54) is 0 Å². The summed E-state index contributed by atoms with van der Waals surface area (Å²) in [6.45, 7) is 5.92. The fourth-order valence-corrected chi connectivity index (χ4v) is 4.37. The Kier molecular flexibility index (Phi) is 5.07. The standard InChI is InChI=1S/C16H25NO3S/c1-11-6-4-9-16(12(11)2)17-21(19,20)15-8-5-7-14(10-15)13(3)18/h5,7-8,10-13,16-18H,4,6,9H2,1-3H3. The van der Waals surface area contributed by atoms with Crippen LogP contribution in [0.5, 0.6) is 0 Å². The van der Waals surface area contributed by atoms with Crippen LogP contribution in [0.1, 0.15) is 51.7 Å². The summed E-state index contributed by atoms with van der Waals surface area (Å²) in [6.07, 6.45) is 2.44. The van der Waals surface area contributed by atoms with Gasteiger partial charge in [-0.2, -0.15) is 0 Å². The van der Waals surface area contributed by atoms with Crippen LogP contribution in [0, 0.1) is 11.8 Å². The maximum absolute atomic E-state index is 12.5. The van der Waals surface area contributed by atoms with Crippen LogP contribution in [0.4, 0.5) is 0 Å². The highest BCUT2D eigenvalue weighted by atomic mass is 32.2. The van der Waals surface area contributed by atoms with Crippen LogP contribution in [-0.4, -0.2) is 19.6 Å². The van der Waals surface area contributed by atoms with Crippen molar-refractivity contribution in [1.82, 2.24) is 4.72 Å². The van der Waals surface area contributed by atoms with E-state index < -0.39 is 16.1 Å². The molecule has 0 heterocycles. The number of benzene rings is 1. The molecule has 4 unspecified atom stereocenters. The molecule has 4 nitrogen and oxygen atoms in total. The summed E-state index contributed by atoms with van der Waals surface area (Å²) in [5.74, 6) is 0.878. The second-order valence-corrected chi connectivity index (χ2v) is 7.96. The van der Waals surface area contributed by atoms with E-state index in [1.807, 2.05) is 0 Å². The maximum Gasteiger partial charge on any atom is 0.240 e. The Labute approximate surface area is 127 Å². The van der Waals surface area contributed by atoms with Crippen molar-refractivity contribution in [1.29, 1.82) is 0 Å². The molecule has 118 valence electrons. The van der Waals surface area contributed by atoms with Crippen LogP contribution >= 0.6 is 0 Å². The molecule has 0 spiro atoms. The van der Waals surface area contributed by atoms with E-state index in [1.54, 1.807) is 31.2 Å². The third-order valence-corrected chi connectivity index (χ3v) is 6.15. The van der Waals surface area contributed by atoms with Gasteiger partial charge in [0.2, 0.25) is 10.0 Å². The fourth-order valence-electron chi connectivity index (χ4n) is 2.96. The second kappa shape index (κ2) is 6.46. The lowest BCUT2D eigenvalue weighted by atomic mass is 9.78. The molecule has 0 aromatic heterocycles. The van der Waals surface area contributed by atoms with Gasteiger partial charge in [-0.3, -0.25) is 0 Å². The highest BCUT2D eigenvalue weighted by molar-refractivity contribution is 7.89. The topological polar surface area (TPSA) is 66.4 Å². The van der Waals surface area contributed by atoms with Gasteiger partial charge in [0.25, 0.3) is 0 Å². The van der Waals surface area contributed by atoms with Crippen molar-refractivity contribution in [3.63, 3.8) is 0 Å². The fraction of sp³-hybridized carbons (Fsp3) is 0.625. The Bertz CT molecular complexity index is 583. The minimum Gasteiger partial charge on any atom is -0.389 e. The minimum absolute atomic E-state index is 0.00560. The molecule has 2 rings (SSSR count). The van der Waals surface area contributed by atoms with Crippen molar-refractivity contribution in [3.8, 4) is 0 Å². The second-order valence-electron chi connectivity index (χ2n) is 6.24. The first-order valence-corrected chi connectivity index (χ1v) is 9.10. The van der Waals surface area contributed by atoms with E-state index in [-0.39, 0.29) is 10.9 Å². The summed E-state index contributed by atoms with van der Waals surface area (Å²) < 4.78 is 27.9. The van der Waals surface area contributed by atoms with Gasteiger partial charge in [0, 0.05) is 6.04 Å². The predicted molar refractivity (Wildman–Crippen MR) is 83.4 cm³/mol. The molecule has 21 heavy (non-hydrogen) atoms. The number of nitrogens with one attached hydrogen (secondary N) is 1. The van der Waals surface area contributed by atoms with Crippen molar-refractivity contribution in [2.75, 3.05) is 0 Å². The zero-order valence-electron chi connectivity index (χ0n) is 12.9. The molecule has 4 atom stereocenters. The molecule has 0 saturated heterocycles. The molecule has 1 aromatic carbocycles. The first-order valence-electron chi connectivity index (χ1n) is 7.61. The van der Waals surface area contributed by atoms with Gasteiger partial charge in [-0.25, -0.2) is 13.1 Å². The van der Waals surface area contributed by atoms with Crippen LogP contribution in [0.3, 0.4) is 0 Å². The van der Waals surface area contributed by atoms with Crippen LogP contribution < -0.4 is 4.72 Å². The zero-order chi connectivity index (χ0) is 15.6. The smallest absolute Gasteiger partial charge is 0.240 e. The van der Waals surface area contributed by atoms with Crippen LogP contribution in [-0.2, 0) is 10.0 Å². The van der Waals surface area contributed by atoms with Crippen molar-refractivity contribution < 1.29 is 13.5 Å². The molecule has 1 fully saturated rings. The number of hydrogen-bond donors (Lipinski definition) is 2. The molecule has 0 amide bonds. The van der Waals surface area contributed by atoms with Gasteiger partial charge in [0.1, 0.15) is 0 Å². The zero-order valence-corrected chi connectivity index (χ0v) is 13.7. The number of aliphatic hydroxyl groups excluding tert-OH is 1. The molecular formula is C16H25NO3S. The summed E-state index contributed by atoms with van der Waals surface area (Å²) in [4.78, 5) is 0.228. The van der Waals surface area contributed by atoms with E-state index >= 15 is 0 Å². The molecule has 1 aliphatic rings. The lowest BCUT2D eigenvalue weighted by Gasteiger charge is -2.34. The van der Waals surface area contributed by atoms with Gasteiger partial charge < -0.3 is 5.11 Å². The normalized spacial score (nSPS) is 28.3. The molecule has 5 heteroatoms. The summed E-state index contributed by atoms with van der Waals surface area (Å²) in [5, 5.41) is 9.60. The third kappa shape index (κ3) is 3.84. The largest absolute Gasteiger partial charge is 0.389 e. The van der Waals surface area contributed by atoms with Gasteiger partial charge in [-0.1, -0.05) is 38.8 Å². The Morgan fingerprint density at radius 2 is 2.00 bits per heavy atom. The SMILES string of the molecule is CC(O)c1cccc(S(=O)(=O)NC2CCCC(C)C2C)c1. The van der Waals surface area contributed by atoms with Gasteiger partial charge in [-0.05, 0) is 42.9 Å². The van der Waals surface area contributed by atoms with Crippen molar-refractivity contribution in [3.05, 3.63) is 29.8 Å². The predicted octanol–water partition coefficient (Wildman–Crippen LogP) is 2.84. The first kappa shape index (κ1) is 16.5. The highest BCUT2D eigenvalue weighted by Gasteiger charge is 2.30. The van der Waals surface area contributed by atoms with Gasteiger partial charge in [0.15, 0.2) is 0 Å². The quantitative estimate of drug-likeness (QED) is 0.898. The number of aliphatic hydroxyl groups is 1. The average molecular weight is 311 g/mol. The molecule has 1 saturated carbocycles. The van der Waals surface area contributed by atoms with Crippen LogP contribution in [0.15, 0.2) is 29.2 Å². The summed E-state index contributed by atoms with van der Waals surface area (Å²) in [5.41, 5.74) is 0.614. The van der Waals surface area contributed by atoms with E-state index in [4.69, 9.17) is 0 Å². The van der Waals surface area contributed by atoms with Gasteiger partial charge in [-0.15, -0.1) is 0 Å². The monoisotopic (exact) mass is 311 g/mol. The Balaban J connectivity index is 2.20. The van der Waals surface area contributed by atoms with Crippen LogP contribution in [0.2, 0.25) is 0 Å². The average Bonchev–Trinajstić information content (AvgIpc) is 2.44. The minimum atomic E-state index is -3.53. The maximum atomic E-state index is 12.5. The first-order chi connectivity index (χ1) is 9.81. The Hall–Kier alpha value is -0.910. The van der Waals surface area contributed by atoms with Crippen molar-refractivity contribution >= 4 is 10.0 Å². The van der Waals surface area contributed by atoms with Crippen molar-refractivity contribution in [2.24, 2.45) is 11.8 Å². The van der Waals surface area contributed by atoms with E-state index in [9.17, 15) is 13.5 Å². The molecule has 1 aromatic rings. The molecular weight excluding hydrogens is 286 g/mol. The number of rotatable bonds is 4. The van der Waals surface area contributed by atoms with Crippen molar-refractivity contribution in [2.45, 2.75) is 57.1 Å². The van der Waals surface area contributed by atoms with E-state index in [0.717, 1.165) is 19.3 Å². The summed E-state index contributed by atoms with van der Waals surface area (Å²) in [7, 11) is -3.53. The Morgan fingerprint density at radius 3 is 2.67 bits per heavy atom. The number of sulfonamides is 1. The molecule has 0 radical (unpaired) electrons. The lowest BCUT2D eigenvalue weighted by Crippen LogP contribution is -2.43. The summed E-state index contributed by atoms with van der Waals surface area (Å²) in [6, 6.07) is 6.52. The Morgan fingerprint density at radius 1 is 1.29 bits per heavy atom. The van der Waals surface area contributed by atoms with E-state index in [0.29, 0.717) is 17.4 Å². The van der Waals surface area contributed by atoms with Gasteiger partial charge >= 0.3 is 0 Å². The van der Waals surface area contributed by atoms with Crippen LogP contribution in [0.25, 0.3) is 0 Å². The summed E-state index contributed by atoms with van der Waals surface area (Å²) >= 11 is 0.